The van der Waals surface area contributed by atoms with E-state index in [0.717, 1.165) is 11.3 Å². The number of anilines is 1. The molecule has 0 aliphatic carbocycles. The predicted octanol–water partition coefficient (Wildman–Crippen LogP) is 3.24. The van der Waals surface area contributed by atoms with Crippen molar-refractivity contribution in [1.82, 2.24) is 15.1 Å². The molecule has 2 heterocycles. The monoisotopic (exact) mass is 426 g/mol. The van der Waals surface area contributed by atoms with E-state index in [0.29, 0.717) is 23.2 Å². The molecule has 1 aliphatic rings. The number of benzene rings is 2. The van der Waals surface area contributed by atoms with Gasteiger partial charge < -0.3 is 15.0 Å². The van der Waals surface area contributed by atoms with Crippen LogP contribution in [0.4, 0.5) is 9.52 Å². The highest BCUT2D eigenvalue weighted by Gasteiger charge is 2.34. The fraction of sp³-hybridized carbons (Fsp3) is 0.238. The molecule has 1 saturated heterocycles. The molecule has 154 valence electrons. The van der Waals surface area contributed by atoms with Crippen LogP contribution < -0.4 is 10.1 Å². The number of nitrogens with one attached hydrogen (secondary N) is 1. The summed E-state index contributed by atoms with van der Waals surface area (Å²) in [5.74, 6) is -0.436. The normalized spacial score (nSPS) is 16.0. The van der Waals surface area contributed by atoms with Gasteiger partial charge in [0.1, 0.15) is 18.2 Å². The summed E-state index contributed by atoms with van der Waals surface area (Å²) in [4.78, 5) is 26.4. The SMILES string of the molecule is O=C(Nc1nnc(COc2ccccc2)s1)[C@@H]1CC(=O)N(Cc2ccc(F)cc2)C1. The number of likely N-dealkylation sites (tertiary alicyclic amines) is 1. The minimum atomic E-state index is -0.467. The quantitative estimate of drug-likeness (QED) is 0.627. The first-order chi connectivity index (χ1) is 14.6. The van der Waals surface area contributed by atoms with Crippen LogP contribution in [0.1, 0.15) is 17.0 Å². The highest BCUT2D eigenvalue weighted by Crippen LogP contribution is 2.24. The maximum Gasteiger partial charge on any atom is 0.231 e. The Morgan fingerprint density at radius 2 is 1.93 bits per heavy atom. The Kier molecular flexibility index (Phi) is 5.99. The second kappa shape index (κ2) is 9.00. The summed E-state index contributed by atoms with van der Waals surface area (Å²) < 4.78 is 18.7. The van der Waals surface area contributed by atoms with Crippen LogP contribution in [0.5, 0.6) is 5.75 Å². The van der Waals surface area contributed by atoms with Crippen molar-refractivity contribution in [3.05, 3.63) is 71.0 Å². The van der Waals surface area contributed by atoms with Gasteiger partial charge in [-0.3, -0.25) is 9.59 Å². The van der Waals surface area contributed by atoms with Crippen LogP contribution in [-0.4, -0.2) is 33.5 Å². The van der Waals surface area contributed by atoms with Crippen LogP contribution in [0.15, 0.2) is 54.6 Å². The second-order valence-electron chi connectivity index (χ2n) is 6.89. The first kappa shape index (κ1) is 20.0. The molecule has 0 radical (unpaired) electrons. The van der Waals surface area contributed by atoms with Gasteiger partial charge in [-0.25, -0.2) is 4.39 Å². The zero-order valence-corrected chi connectivity index (χ0v) is 16.8. The molecular weight excluding hydrogens is 407 g/mol. The number of hydrogen-bond donors (Lipinski definition) is 1. The summed E-state index contributed by atoms with van der Waals surface area (Å²) in [6.45, 7) is 0.915. The minimum Gasteiger partial charge on any atom is -0.486 e. The summed E-state index contributed by atoms with van der Waals surface area (Å²) in [6.07, 6.45) is 0.135. The van der Waals surface area contributed by atoms with Gasteiger partial charge >= 0.3 is 0 Å². The Balaban J connectivity index is 1.29. The number of amides is 2. The average molecular weight is 426 g/mol. The number of rotatable bonds is 7. The lowest BCUT2D eigenvalue weighted by Gasteiger charge is -2.16. The van der Waals surface area contributed by atoms with Gasteiger partial charge in [0.05, 0.1) is 5.92 Å². The van der Waals surface area contributed by atoms with E-state index in [1.54, 1.807) is 17.0 Å². The number of halogens is 1. The molecule has 4 rings (SSSR count). The molecule has 3 aromatic rings. The molecule has 0 saturated carbocycles. The van der Waals surface area contributed by atoms with Crippen molar-refractivity contribution in [2.45, 2.75) is 19.6 Å². The molecule has 1 aliphatic heterocycles. The number of hydrogen-bond acceptors (Lipinski definition) is 6. The number of aromatic nitrogens is 2. The van der Waals surface area contributed by atoms with Crippen LogP contribution >= 0.6 is 11.3 Å². The second-order valence-corrected chi connectivity index (χ2v) is 7.96. The Morgan fingerprint density at radius 3 is 2.70 bits per heavy atom. The fourth-order valence-electron chi connectivity index (χ4n) is 3.14. The third-order valence-electron chi connectivity index (χ3n) is 4.67. The van der Waals surface area contributed by atoms with Crippen molar-refractivity contribution < 1.29 is 18.7 Å². The van der Waals surface area contributed by atoms with E-state index >= 15 is 0 Å². The Bertz CT molecular complexity index is 1030. The molecule has 1 N–H and O–H groups in total. The lowest BCUT2D eigenvalue weighted by atomic mass is 10.1. The molecule has 1 atom stereocenters. The minimum absolute atomic E-state index is 0.103. The summed E-state index contributed by atoms with van der Waals surface area (Å²) in [7, 11) is 0. The van der Waals surface area contributed by atoms with Gasteiger partial charge in [0.2, 0.25) is 16.9 Å². The Labute approximate surface area is 176 Å². The number of ether oxygens (including phenoxy) is 1. The van der Waals surface area contributed by atoms with Crippen LogP contribution in [0.2, 0.25) is 0 Å². The molecule has 2 amide bonds. The largest absolute Gasteiger partial charge is 0.486 e. The lowest BCUT2D eigenvalue weighted by molar-refractivity contribution is -0.128. The highest BCUT2D eigenvalue weighted by atomic mass is 32.1. The number of carbonyl (C=O) groups excluding carboxylic acids is 2. The average Bonchev–Trinajstić information content (AvgIpc) is 3.35. The van der Waals surface area contributed by atoms with Gasteiger partial charge in [0.25, 0.3) is 0 Å². The zero-order valence-electron chi connectivity index (χ0n) is 16.0. The van der Waals surface area contributed by atoms with Crippen molar-refractivity contribution in [3.63, 3.8) is 0 Å². The molecule has 30 heavy (non-hydrogen) atoms. The zero-order chi connectivity index (χ0) is 20.9. The van der Waals surface area contributed by atoms with E-state index in [4.69, 9.17) is 4.74 Å². The van der Waals surface area contributed by atoms with E-state index in [1.807, 2.05) is 30.3 Å². The van der Waals surface area contributed by atoms with Gasteiger partial charge in [-0.05, 0) is 29.8 Å². The lowest BCUT2D eigenvalue weighted by Crippen LogP contribution is -2.28. The molecule has 0 spiro atoms. The molecule has 1 aromatic heterocycles. The van der Waals surface area contributed by atoms with E-state index < -0.39 is 5.92 Å². The molecule has 7 nitrogen and oxygen atoms in total. The van der Waals surface area contributed by atoms with Gasteiger partial charge in [-0.2, -0.15) is 0 Å². The highest BCUT2D eigenvalue weighted by molar-refractivity contribution is 7.15. The Morgan fingerprint density at radius 1 is 1.17 bits per heavy atom. The summed E-state index contributed by atoms with van der Waals surface area (Å²) in [6, 6.07) is 15.3. The van der Waals surface area contributed by atoms with Crippen molar-refractivity contribution in [3.8, 4) is 5.75 Å². The predicted molar refractivity (Wildman–Crippen MR) is 109 cm³/mol. The molecule has 2 aromatic carbocycles. The number of carbonyl (C=O) groups is 2. The first-order valence-electron chi connectivity index (χ1n) is 9.40. The van der Waals surface area contributed by atoms with Crippen LogP contribution in [-0.2, 0) is 22.7 Å². The smallest absolute Gasteiger partial charge is 0.231 e. The third kappa shape index (κ3) is 4.98. The van der Waals surface area contributed by atoms with Crippen LogP contribution in [0.3, 0.4) is 0 Å². The molecule has 9 heteroatoms. The first-order valence-corrected chi connectivity index (χ1v) is 10.2. The van der Waals surface area contributed by atoms with Gasteiger partial charge in [-0.1, -0.05) is 41.7 Å². The van der Waals surface area contributed by atoms with Crippen LogP contribution in [0, 0.1) is 11.7 Å². The van der Waals surface area contributed by atoms with Crippen molar-refractivity contribution in [1.29, 1.82) is 0 Å². The van der Waals surface area contributed by atoms with Gasteiger partial charge in [-0.15, -0.1) is 10.2 Å². The summed E-state index contributed by atoms with van der Waals surface area (Å²) >= 11 is 1.23. The maximum absolute atomic E-state index is 13.0. The van der Waals surface area contributed by atoms with E-state index in [1.165, 1.54) is 23.5 Å². The molecular formula is C21H19FN4O3S. The van der Waals surface area contributed by atoms with Crippen molar-refractivity contribution in [2.24, 2.45) is 5.92 Å². The fourth-order valence-corrected chi connectivity index (χ4v) is 3.80. The standard InChI is InChI=1S/C21H19FN4O3S/c22-16-8-6-14(7-9-16)11-26-12-15(10-19(26)27)20(28)23-21-25-24-18(30-21)13-29-17-4-2-1-3-5-17/h1-9,15H,10-13H2,(H,23,25,28)/t15-/m1/s1. The van der Waals surface area contributed by atoms with E-state index in [2.05, 4.69) is 15.5 Å². The molecule has 1 fully saturated rings. The maximum atomic E-state index is 13.0. The molecule has 0 bridgehead atoms. The van der Waals surface area contributed by atoms with Gasteiger partial charge in [0, 0.05) is 19.5 Å². The van der Waals surface area contributed by atoms with Crippen LogP contribution in [0.25, 0.3) is 0 Å². The molecule has 0 unspecified atom stereocenters. The van der Waals surface area contributed by atoms with E-state index in [9.17, 15) is 14.0 Å². The van der Waals surface area contributed by atoms with Crippen molar-refractivity contribution >= 4 is 28.3 Å². The number of para-hydroxylation sites is 1. The summed E-state index contributed by atoms with van der Waals surface area (Å²) in [5.41, 5.74) is 0.818. The Hall–Kier alpha value is -3.33. The van der Waals surface area contributed by atoms with Crippen molar-refractivity contribution in [2.75, 3.05) is 11.9 Å². The summed E-state index contributed by atoms with van der Waals surface area (Å²) in [5, 5.41) is 11.7. The topological polar surface area (TPSA) is 84.4 Å². The third-order valence-corrected chi connectivity index (χ3v) is 5.49. The van der Waals surface area contributed by atoms with Gasteiger partial charge in [0.15, 0.2) is 5.01 Å². The van der Waals surface area contributed by atoms with E-state index in [-0.39, 0.29) is 30.7 Å². The number of nitrogens with zero attached hydrogens (tertiary/aromatic N) is 3.